The van der Waals surface area contributed by atoms with Gasteiger partial charge in [-0.25, -0.2) is 0 Å². The van der Waals surface area contributed by atoms with Gasteiger partial charge >= 0.3 is 5.97 Å². The van der Waals surface area contributed by atoms with Crippen LogP contribution >= 0.6 is 0 Å². The van der Waals surface area contributed by atoms with Crippen LogP contribution in [-0.2, 0) is 15.0 Å². The van der Waals surface area contributed by atoms with Crippen LogP contribution in [0.3, 0.4) is 0 Å². The molecule has 1 amide bonds. The zero-order valence-corrected chi connectivity index (χ0v) is 10.9. The fraction of sp³-hybridized carbons (Fsp3) is 0.538. The molecule has 0 spiro atoms. The molecule has 1 rings (SSSR count). The van der Waals surface area contributed by atoms with E-state index in [0.717, 1.165) is 11.5 Å². The third-order valence-corrected chi connectivity index (χ3v) is 2.70. The molecular weight excluding hydrogens is 234 g/mol. The molecule has 5 heteroatoms. The van der Waals surface area contributed by atoms with Crippen molar-refractivity contribution in [2.75, 3.05) is 6.54 Å². The van der Waals surface area contributed by atoms with Gasteiger partial charge in [0.2, 0.25) is 5.91 Å². The van der Waals surface area contributed by atoms with Crippen LogP contribution in [0.2, 0.25) is 0 Å². The number of carbonyl (C=O) groups is 2. The summed E-state index contributed by atoms with van der Waals surface area (Å²) in [5.41, 5.74) is -0.312. The van der Waals surface area contributed by atoms with E-state index in [1.807, 2.05) is 32.9 Å². The van der Waals surface area contributed by atoms with Crippen molar-refractivity contribution in [1.82, 2.24) is 5.32 Å². The minimum Gasteiger partial charge on any atom is -0.481 e. The van der Waals surface area contributed by atoms with Gasteiger partial charge in [-0.1, -0.05) is 13.8 Å². The van der Waals surface area contributed by atoms with E-state index in [0.29, 0.717) is 6.54 Å². The molecule has 1 heterocycles. The quantitative estimate of drug-likeness (QED) is 0.810. The lowest BCUT2D eigenvalue weighted by molar-refractivity contribution is -0.138. The number of carboxylic acids is 1. The molecule has 0 aromatic carbocycles. The Morgan fingerprint density at radius 3 is 2.50 bits per heavy atom. The first-order valence-corrected chi connectivity index (χ1v) is 5.87. The monoisotopic (exact) mass is 253 g/mol. The summed E-state index contributed by atoms with van der Waals surface area (Å²) in [6.45, 7) is 6.20. The number of furan rings is 1. The van der Waals surface area contributed by atoms with Crippen LogP contribution in [-0.4, -0.2) is 23.5 Å². The Labute approximate surface area is 106 Å². The molecule has 0 aliphatic heterocycles. The highest BCUT2D eigenvalue weighted by Gasteiger charge is 2.24. The predicted molar refractivity (Wildman–Crippen MR) is 66.4 cm³/mol. The molecule has 0 bridgehead atoms. The number of rotatable bonds is 6. The van der Waals surface area contributed by atoms with E-state index in [1.54, 1.807) is 0 Å². The Kier molecular flexibility index (Phi) is 4.53. The second kappa shape index (κ2) is 5.71. The highest BCUT2D eigenvalue weighted by molar-refractivity contribution is 5.80. The average Bonchev–Trinajstić information content (AvgIpc) is 2.71. The molecule has 1 aromatic rings. The van der Waals surface area contributed by atoms with E-state index in [9.17, 15) is 9.59 Å². The standard InChI is InChI=1S/C13H19NO4/c1-9-4-5-10(18-9)13(2,3)8-14-11(15)6-7-12(16)17/h4-5H,6-8H2,1-3H3,(H,14,15)(H,16,17). The molecule has 5 nitrogen and oxygen atoms in total. The molecule has 2 N–H and O–H groups in total. The number of amides is 1. The number of nitrogens with one attached hydrogen (secondary N) is 1. The van der Waals surface area contributed by atoms with Gasteiger partial charge in [0, 0.05) is 18.4 Å². The number of carboxylic acid groups (broad SMARTS) is 1. The first-order valence-electron chi connectivity index (χ1n) is 5.87. The van der Waals surface area contributed by atoms with Crippen LogP contribution in [0.4, 0.5) is 0 Å². The SMILES string of the molecule is Cc1ccc(C(C)(C)CNC(=O)CCC(=O)O)o1. The molecule has 1 aromatic heterocycles. The lowest BCUT2D eigenvalue weighted by atomic mass is 9.90. The fourth-order valence-electron chi connectivity index (χ4n) is 1.51. The lowest BCUT2D eigenvalue weighted by Gasteiger charge is -2.22. The van der Waals surface area contributed by atoms with Crippen LogP contribution in [0.15, 0.2) is 16.5 Å². The Bertz CT molecular complexity index is 434. The van der Waals surface area contributed by atoms with E-state index < -0.39 is 5.97 Å². The largest absolute Gasteiger partial charge is 0.481 e. The van der Waals surface area contributed by atoms with Crippen LogP contribution in [0.1, 0.15) is 38.2 Å². The summed E-state index contributed by atoms with van der Waals surface area (Å²) in [5, 5.41) is 11.2. The highest BCUT2D eigenvalue weighted by atomic mass is 16.4. The van der Waals surface area contributed by atoms with Gasteiger partial charge in [0.15, 0.2) is 0 Å². The number of hydrogen-bond donors (Lipinski definition) is 2. The van der Waals surface area contributed by atoms with Crippen molar-refractivity contribution in [3.8, 4) is 0 Å². The van der Waals surface area contributed by atoms with Crippen LogP contribution in [0, 0.1) is 6.92 Å². The molecule has 18 heavy (non-hydrogen) atoms. The predicted octanol–water partition coefficient (Wildman–Crippen LogP) is 1.85. The number of carbonyl (C=O) groups excluding carboxylic acids is 1. The van der Waals surface area contributed by atoms with Gasteiger partial charge in [-0.3, -0.25) is 9.59 Å². The zero-order valence-electron chi connectivity index (χ0n) is 10.9. The maximum atomic E-state index is 11.4. The summed E-state index contributed by atoms with van der Waals surface area (Å²) in [6.07, 6.45) is -0.144. The minimum absolute atomic E-state index is 0.00258. The van der Waals surface area contributed by atoms with Gasteiger partial charge in [-0.15, -0.1) is 0 Å². The summed E-state index contributed by atoms with van der Waals surface area (Å²) < 4.78 is 5.53. The molecule has 0 atom stereocenters. The summed E-state index contributed by atoms with van der Waals surface area (Å²) in [6, 6.07) is 3.77. The molecule has 0 unspecified atom stereocenters. The summed E-state index contributed by atoms with van der Waals surface area (Å²) in [5.74, 6) is 0.411. The third-order valence-electron chi connectivity index (χ3n) is 2.70. The summed E-state index contributed by atoms with van der Waals surface area (Å²) in [7, 11) is 0. The molecule has 0 saturated carbocycles. The first kappa shape index (κ1) is 14.3. The molecule has 0 fully saturated rings. The smallest absolute Gasteiger partial charge is 0.303 e. The maximum Gasteiger partial charge on any atom is 0.303 e. The van der Waals surface area contributed by atoms with Crippen molar-refractivity contribution < 1.29 is 19.1 Å². The number of aliphatic carboxylic acids is 1. The number of aryl methyl sites for hydroxylation is 1. The third kappa shape index (κ3) is 4.24. The van der Waals surface area contributed by atoms with Crippen molar-refractivity contribution in [2.45, 2.75) is 39.0 Å². The highest BCUT2D eigenvalue weighted by Crippen LogP contribution is 2.24. The van der Waals surface area contributed by atoms with E-state index in [4.69, 9.17) is 9.52 Å². The van der Waals surface area contributed by atoms with Crippen molar-refractivity contribution in [2.24, 2.45) is 0 Å². The minimum atomic E-state index is -0.967. The Balaban J connectivity index is 2.46. The van der Waals surface area contributed by atoms with Crippen LogP contribution < -0.4 is 5.32 Å². The van der Waals surface area contributed by atoms with Crippen LogP contribution in [0.25, 0.3) is 0 Å². The van der Waals surface area contributed by atoms with E-state index in [1.165, 1.54) is 0 Å². The van der Waals surface area contributed by atoms with Crippen molar-refractivity contribution in [3.05, 3.63) is 23.7 Å². The van der Waals surface area contributed by atoms with Gasteiger partial charge in [0.1, 0.15) is 11.5 Å². The first-order chi connectivity index (χ1) is 8.31. The van der Waals surface area contributed by atoms with Gasteiger partial charge in [-0.2, -0.15) is 0 Å². The number of hydrogen-bond acceptors (Lipinski definition) is 3. The second-order valence-corrected chi connectivity index (χ2v) is 4.96. The Morgan fingerprint density at radius 2 is 2.00 bits per heavy atom. The van der Waals surface area contributed by atoms with Crippen molar-refractivity contribution in [1.29, 1.82) is 0 Å². The van der Waals surface area contributed by atoms with E-state index in [-0.39, 0.29) is 24.2 Å². The van der Waals surface area contributed by atoms with Gasteiger partial charge < -0.3 is 14.8 Å². The normalized spacial score (nSPS) is 11.3. The van der Waals surface area contributed by atoms with E-state index >= 15 is 0 Å². The Hall–Kier alpha value is -1.78. The molecule has 0 radical (unpaired) electrons. The molecule has 0 saturated heterocycles. The molecule has 100 valence electrons. The van der Waals surface area contributed by atoms with Crippen molar-refractivity contribution >= 4 is 11.9 Å². The van der Waals surface area contributed by atoms with Gasteiger partial charge in [0.05, 0.1) is 6.42 Å². The topological polar surface area (TPSA) is 79.5 Å². The summed E-state index contributed by atoms with van der Waals surface area (Å²) >= 11 is 0. The van der Waals surface area contributed by atoms with Gasteiger partial charge in [0.25, 0.3) is 0 Å². The maximum absolute atomic E-state index is 11.4. The Morgan fingerprint density at radius 1 is 1.33 bits per heavy atom. The van der Waals surface area contributed by atoms with E-state index in [2.05, 4.69) is 5.32 Å². The van der Waals surface area contributed by atoms with Gasteiger partial charge in [-0.05, 0) is 19.1 Å². The van der Waals surface area contributed by atoms with Crippen molar-refractivity contribution in [3.63, 3.8) is 0 Å². The van der Waals surface area contributed by atoms with Crippen LogP contribution in [0.5, 0.6) is 0 Å². The fourth-order valence-corrected chi connectivity index (χ4v) is 1.51. The molecule has 0 aliphatic carbocycles. The average molecular weight is 253 g/mol. The zero-order chi connectivity index (χ0) is 13.8. The lowest BCUT2D eigenvalue weighted by Crippen LogP contribution is -2.36. The molecular formula is C13H19NO4. The summed E-state index contributed by atoms with van der Waals surface area (Å²) in [4.78, 5) is 21.8. The second-order valence-electron chi connectivity index (χ2n) is 4.96. The molecule has 0 aliphatic rings.